The molecule has 9 heteroatoms. The first kappa shape index (κ1) is 20.4. The van der Waals surface area contributed by atoms with Crippen molar-refractivity contribution in [2.75, 3.05) is 13.7 Å². The molecule has 0 spiro atoms. The minimum Gasteiger partial charge on any atom is -0.494 e. The zero-order valence-corrected chi connectivity index (χ0v) is 17.4. The van der Waals surface area contributed by atoms with Crippen LogP contribution in [-0.2, 0) is 11.3 Å². The van der Waals surface area contributed by atoms with Gasteiger partial charge in [-0.3, -0.25) is 10.1 Å². The lowest BCUT2D eigenvalue weighted by molar-refractivity contribution is -0.127. The second-order valence-corrected chi connectivity index (χ2v) is 7.20. The van der Waals surface area contributed by atoms with E-state index in [0.29, 0.717) is 19.1 Å². The van der Waals surface area contributed by atoms with Crippen molar-refractivity contribution < 1.29 is 14.3 Å². The zero-order valence-electron chi connectivity index (χ0n) is 17.4. The van der Waals surface area contributed by atoms with E-state index in [1.807, 2.05) is 66.4 Å². The van der Waals surface area contributed by atoms with Gasteiger partial charge in [0, 0.05) is 13.6 Å². The van der Waals surface area contributed by atoms with Crippen molar-refractivity contribution in [3.63, 3.8) is 0 Å². The van der Waals surface area contributed by atoms with Crippen LogP contribution in [-0.4, -0.2) is 59.8 Å². The van der Waals surface area contributed by atoms with Gasteiger partial charge in [-0.05, 0) is 42.3 Å². The molecule has 2 unspecified atom stereocenters. The van der Waals surface area contributed by atoms with Gasteiger partial charge in [-0.15, -0.1) is 0 Å². The molecule has 31 heavy (non-hydrogen) atoms. The van der Waals surface area contributed by atoms with Gasteiger partial charge in [0.2, 0.25) is 5.96 Å². The monoisotopic (exact) mass is 420 g/mol. The number of carbonyl (C=O) groups is 2. The number of fused-ring (bicyclic) bond motifs is 1. The molecule has 3 amide bonds. The second kappa shape index (κ2) is 8.86. The molecule has 9 nitrogen and oxygen atoms in total. The highest BCUT2D eigenvalue weighted by Gasteiger charge is 2.48. The van der Waals surface area contributed by atoms with E-state index in [4.69, 9.17) is 4.74 Å². The Kier molecular flexibility index (Phi) is 5.83. The van der Waals surface area contributed by atoms with E-state index in [-0.39, 0.29) is 5.91 Å². The van der Waals surface area contributed by atoms with Crippen LogP contribution in [0, 0.1) is 0 Å². The summed E-state index contributed by atoms with van der Waals surface area (Å²) >= 11 is 0. The van der Waals surface area contributed by atoms with E-state index >= 15 is 0 Å². The predicted molar refractivity (Wildman–Crippen MR) is 117 cm³/mol. The number of urea groups is 1. The molecule has 2 N–H and O–H groups in total. The van der Waals surface area contributed by atoms with E-state index in [0.717, 1.165) is 16.9 Å². The molecule has 2 aromatic carbocycles. The first-order chi connectivity index (χ1) is 15.1. The Bertz CT molecular complexity index is 1010. The summed E-state index contributed by atoms with van der Waals surface area (Å²) in [7, 11) is 1.62. The molecule has 160 valence electrons. The maximum absolute atomic E-state index is 12.6. The lowest BCUT2D eigenvalue weighted by Gasteiger charge is -2.36. The molecule has 0 aliphatic carbocycles. The Morgan fingerprint density at radius 1 is 1.16 bits per heavy atom. The van der Waals surface area contributed by atoms with Crippen LogP contribution < -0.4 is 15.5 Å². The summed E-state index contributed by atoms with van der Waals surface area (Å²) in [5.74, 6) is 0.849. The van der Waals surface area contributed by atoms with Gasteiger partial charge in [-0.2, -0.15) is 5.10 Å². The topological polar surface area (TPSA) is 98.6 Å². The molecule has 0 bridgehead atoms. The normalized spacial score (nSPS) is 20.5. The van der Waals surface area contributed by atoms with Gasteiger partial charge in [-0.1, -0.05) is 30.3 Å². The van der Waals surface area contributed by atoms with Crippen molar-refractivity contribution in [1.82, 2.24) is 20.5 Å². The molecule has 2 heterocycles. The van der Waals surface area contributed by atoms with Crippen molar-refractivity contribution in [2.24, 2.45) is 10.1 Å². The Morgan fingerprint density at radius 2 is 1.90 bits per heavy atom. The number of likely N-dealkylation sites (N-methyl/N-ethyl adjacent to an activating group) is 1. The van der Waals surface area contributed by atoms with Crippen LogP contribution in [0.15, 0.2) is 64.7 Å². The Labute approximate surface area is 180 Å². The molecule has 4 rings (SSSR count). The van der Waals surface area contributed by atoms with Crippen molar-refractivity contribution in [1.29, 1.82) is 0 Å². The van der Waals surface area contributed by atoms with Gasteiger partial charge in [0.05, 0.1) is 12.8 Å². The van der Waals surface area contributed by atoms with E-state index in [2.05, 4.69) is 20.8 Å². The smallest absolute Gasteiger partial charge is 0.325 e. The SMILES string of the molecule is CCOc1ccc(/C=N/NC2=NC3C(C(=O)NC(=O)N3C)N2Cc2ccccc2)cc1. The summed E-state index contributed by atoms with van der Waals surface area (Å²) in [5.41, 5.74) is 4.84. The van der Waals surface area contributed by atoms with Crippen molar-refractivity contribution in [2.45, 2.75) is 25.7 Å². The summed E-state index contributed by atoms with van der Waals surface area (Å²) in [6.45, 7) is 2.99. The lowest BCUT2D eigenvalue weighted by Crippen LogP contribution is -2.63. The predicted octanol–water partition coefficient (Wildman–Crippen LogP) is 1.76. The van der Waals surface area contributed by atoms with Gasteiger partial charge in [0.1, 0.15) is 5.75 Å². The van der Waals surface area contributed by atoms with Crippen LogP contribution in [0.1, 0.15) is 18.1 Å². The van der Waals surface area contributed by atoms with Crippen molar-refractivity contribution in [3.05, 3.63) is 65.7 Å². The van der Waals surface area contributed by atoms with Crippen LogP contribution >= 0.6 is 0 Å². The Morgan fingerprint density at radius 3 is 2.61 bits per heavy atom. The van der Waals surface area contributed by atoms with Gasteiger partial charge < -0.3 is 14.5 Å². The highest BCUT2D eigenvalue weighted by Crippen LogP contribution is 2.25. The third kappa shape index (κ3) is 4.35. The standard InChI is InChI=1S/C22H24N6O3/c1-3-31-17-11-9-15(10-12-17)13-23-26-21-24-19-18(20(29)25-22(30)27(19)2)28(21)14-16-7-5-4-6-8-16/h4-13,18-19H,3,14H2,1-2H3,(H,24,26)(H,25,29,30)/b23-13+. The summed E-state index contributed by atoms with van der Waals surface area (Å²) in [6.07, 6.45) is 1.05. The number of carbonyl (C=O) groups excluding carboxylic acids is 2. The third-order valence-electron chi connectivity index (χ3n) is 5.13. The quantitative estimate of drug-likeness (QED) is 0.548. The number of hydrogen-bond donors (Lipinski definition) is 2. The highest BCUT2D eigenvalue weighted by molar-refractivity contribution is 6.03. The lowest BCUT2D eigenvalue weighted by atomic mass is 10.1. The van der Waals surface area contributed by atoms with E-state index in [9.17, 15) is 9.59 Å². The molecule has 2 atom stereocenters. The van der Waals surface area contributed by atoms with Crippen molar-refractivity contribution >= 4 is 24.1 Å². The second-order valence-electron chi connectivity index (χ2n) is 7.20. The summed E-state index contributed by atoms with van der Waals surface area (Å²) in [5, 5.41) is 6.68. The first-order valence-electron chi connectivity index (χ1n) is 10.0. The number of rotatable bonds is 6. The number of nitrogens with one attached hydrogen (secondary N) is 2. The highest BCUT2D eigenvalue weighted by atomic mass is 16.5. The average Bonchev–Trinajstić information content (AvgIpc) is 3.13. The van der Waals surface area contributed by atoms with E-state index in [1.54, 1.807) is 13.3 Å². The summed E-state index contributed by atoms with van der Waals surface area (Å²) in [6, 6.07) is 16.2. The maximum atomic E-state index is 12.6. The molecular formula is C22H24N6O3. The molecular weight excluding hydrogens is 396 g/mol. The largest absolute Gasteiger partial charge is 0.494 e. The molecule has 1 fully saturated rings. The molecule has 2 aliphatic heterocycles. The van der Waals surface area contributed by atoms with Crippen LogP contribution in [0.5, 0.6) is 5.75 Å². The fourth-order valence-corrected chi connectivity index (χ4v) is 3.55. The average molecular weight is 420 g/mol. The number of ether oxygens (including phenoxy) is 1. The van der Waals surface area contributed by atoms with Crippen LogP contribution in [0.25, 0.3) is 0 Å². The number of hydrogen-bond acceptors (Lipinski definition) is 7. The molecule has 0 radical (unpaired) electrons. The molecule has 0 aromatic heterocycles. The van der Waals surface area contributed by atoms with Crippen LogP contribution in [0.4, 0.5) is 4.79 Å². The summed E-state index contributed by atoms with van der Waals surface area (Å²) in [4.78, 5) is 32.5. The van der Waals surface area contributed by atoms with E-state index in [1.165, 1.54) is 4.90 Å². The molecule has 2 aromatic rings. The number of aliphatic imine (C=N–C) groups is 1. The van der Waals surface area contributed by atoms with Gasteiger partial charge in [-0.25, -0.2) is 15.2 Å². The number of hydrazone groups is 1. The summed E-state index contributed by atoms with van der Waals surface area (Å²) < 4.78 is 5.44. The van der Waals surface area contributed by atoms with Gasteiger partial charge in [0.25, 0.3) is 5.91 Å². The number of imide groups is 1. The van der Waals surface area contributed by atoms with Gasteiger partial charge in [0.15, 0.2) is 12.2 Å². The molecule has 1 saturated heterocycles. The minimum absolute atomic E-state index is 0.375. The Hall–Kier alpha value is -3.88. The maximum Gasteiger partial charge on any atom is 0.325 e. The van der Waals surface area contributed by atoms with Crippen molar-refractivity contribution in [3.8, 4) is 5.75 Å². The van der Waals surface area contributed by atoms with Crippen LogP contribution in [0.2, 0.25) is 0 Å². The van der Waals surface area contributed by atoms with E-state index < -0.39 is 18.2 Å². The number of amides is 3. The van der Waals surface area contributed by atoms with Gasteiger partial charge >= 0.3 is 6.03 Å². The Balaban J connectivity index is 1.54. The third-order valence-corrected chi connectivity index (χ3v) is 5.13. The minimum atomic E-state index is -0.633. The number of benzene rings is 2. The number of guanidine groups is 1. The molecule has 2 aliphatic rings. The first-order valence-corrected chi connectivity index (χ1v) is 10.0. The molecule has 0 saturated carbocycles. The fourth-order valence-electron chi connectivity index (χ4n) is 3.55. The zero-order chi connectivity index (χ0) is 21.8. The number of nitrogens with zero attached hydrogens (tertiary/aromatic N) is 4. The van der Waals surface area contributed by atoms with Crippen LogP contribution in [0.3, 0.4) is 0 Å². The fraction of sp³-hybridized carbons (Fsp3) is 0.273.